The zero-order valence-corrected chi connectivity index (χ0v) is 13.5. The van der Waals surface area contributed by atoms with Crippen LogP contribution in [-0.4, -0.2) is 32.1 Å². The van der Waals surface area contributed by atoms with Crippen LogP contribution >= 0.6 is 0 Å². The van der Waals surface area contributed by atoms with Gasteiger partial charge in [-0.1, -0.05) is 13.2 Å². The van der Waals surface area contributed by atoms with E-state index in [0.29, 0.717) is 0 Å². The quantitative estimate of drug-likeness (QED) is 0.386. The summed E-state index contributed by atoms with van der Waals surface area (Å²) >= 11 is 0. The second-order valence-electron chi connectivity index (χ2n) is 4.66. The molecule has 0 aromatic heterocycles. The Bertz CT molecular complexity index is 428. The molecule has 0 aliphatic heterocycles. The Labute approximate surface area is 123 Å². The molecule has 0 rings (SSSR count). The molecule has 112 valence electrons. The molecule has 0 atom stereocenters. The van der Waals surface area contributed by atoms with E-state index in [1.165, 1.54) is 0 Å². The van der Waals surface area contributed by atoms with Gasteiger partial charge >= 0.3 is 0 Å². The summed E-state index contributed by atoms with van der Waals surface area (Å²) in [6.07, 6.45) is 2.80. The number of nitrogens with one attached hydrogen (secondary N) is 2. The average Bonchev–Trinajstić information content (AvgIpc) is 2.40. The molecule has 4 nitrogen and oxygen atoms in total. The molecule has 0 saturated heterocycles. The molecule has 0 amide bonds. The number of hydrogen-bond donors (Lipinski definition) is 2. The maximum Gasteiger partial charge on any atom is 0.0868 e. The highest BCUT2D eigenvalue weighted by molar-refractivity contribution is 5.98. The van der Waals surface area contributed by atoms with E-state index in [9.17, 15) is 0 Å². The second-order valence-corrected chi connectivity index (χ2v) is 4.66. The summed E-state index contributed by atoms with van der Waals surface area (Å²) in [6, 6.07) is 0. The van der Waals surface area contributed by atoms with Gasteiger partial charge in [-0.25, -0.2) is 4.99 Å². The number of hydrogen-bond acceptors (Lipinski definition) is 4. The molecule has 0 aliphatic rings. The Morgan fingerprint density at radius 2 is 1.80 bits per heavy atom. The van der Waals surface area contributed by atoms with Gasteiger partial charge < -0.3 is 10.6 Å². The summed E-state index contributed by atoms with van der Waals surface area (Å²) in [5.41, 5.74) is 4.28. The molecule has 0 heterocycles. The van der Waals surface area contributed by atoms with Crippen LogP contribution in [-0.2, 0) is 0 Å². The summed E-state index contributed by atoms with van der Waals surface area (Å²) in [6.45, 7) is 17.5. The smallest absolute Gasteiger partial charge is 0.0868 e. The minimum Gasteiger partial charge on any atom is -0.384 e. The third kappa shape index (κ3) is 7.04. The Balaban J connectivity index is 4.86. The first-order valence-electron chi connectivity index (χ1n) is 6.92. The molecule has 0 bridgehead atoms. The first-order chi connectivity index (χ1) is 9.43. The van der Waals surface area contributed by atoms with Gasteiger partial charge in [0.2, 0.25) is 0 Å². The van der Waals surface area contributed by atoms with Gasteiger partial charge in [0.15, 0.2) is 0 Å². The molecule has 4 heteroatoms. The lowest BCUT2D eigenvalue weighted by atomic mass is 10.2. The highest BCUT2D eigenvalue weighted by Gasteiger charge is 2.04. The third-order valence-corrected chi connectivity index (χ3v) is 2.73. The molecule has 20 heavy (non-hydrogen) atoms. The van der Waals surface area contributed by atoms with Crippen molar-refractivity contribution in [2.24, 2.45) is 9.98 Å². The fourth-order valence-corrected chi connectivity index (χ4v) is 1.61. The summed E-state index contributed by atoms with van der Waals surface area (Å²) in [4.78, 5) is 8.87. The molecule has 0 aromatic rings. The zero-order valence-electron chi connectivity index (χ0n) is 13.5. The minimum absolute atomic E-state index is 0.818. The van der Waals surface area contributed by atoms with Gasteiger partial charge in [-0.3, -0.25) is 4.99 Å². The lowest BCUT2D eigenvalue weighted by molar-refractivity contribution is 0.686. The van der Waals surface area contributed by atoms with Gasteiger partial charge in [0.05, 0.1) is 17.1 Å². The van der Waals surface area contributed by atoms with Gasteiger partial charge in [-0.15, -0.1) is 0 Å². The van der Waals surface area contributed by atoms with Crippen molar-refractivity contribution in [1.29, 1.82) is 0 Å². The number of aliphatic imine (C=N–C) groups is 2. The number of rotatable bonds is 9. The van der Waals surface area contributed by atoms with Crippen LogP contribution in [0.15, 0.2) is 45.8 Å². The molecular formula is C16H28N4. The minimum atomic E-state index is 0.818. The Morgan fingerprint density at radius 3 is 2.30 bits per heavy atom. The van der Waals surface area contributed by atoms with E-state index in [2.05, 4.69) is 33.8 Å². The van der Waals surface area contributed by atoms with E-state index in [1.54, 1.807) is 6.21 Å². The van der Waals surface area contributed by atoms with Crippen molar-refractivity contribution in [1.82, 2.24) is 10.6 Å². The third-order valence-electron chi connectivity index (χ3n) is 2.73. The van der Waals surface area contributed by atoms with Crippen molar-refractivity contribution >= 4 is 11.9 Å². The summed E-state index contributed by atoms with van der Waals surface area (Å²) in [7, 11) is 1.95. The Hall–Kier alpha value is -1.68. The maximum atomic E-state index is 4.60. The average molecular weight is 276 g/mol. The first kappa shape index (κ1) is 18.3. The largest absolute Gasteiger partial charge is 0.384 e. The van der Waals surface area contributed by atoms with E-state index in [4.69, 9.17) is 0 Å². The molecule has 2 N–H and O–H groups in total. The summed E-state index contributed by atoms with van der Waals surface area (Å²) < 4.78 is 0. The molecule has 0 fully saturated rings. The van der Waals surface area contributed by atoms with E-state index in [0.717, 1.165) is 47.9 Å². The van der Waals surface area contributed by atoms with Crippen molar-refractivity contribution < 1.29 is 0 Å². The summed E-state index contributed by atoms with van der Waals surface area (Å²) in [5, 5.41) is 6.39. The second kappa shape index (κ2) is 10.1. The maximum absolute atomic E-state index is 4.60. The van der Waals surface area contributed by atoms with Crippen molar-refractivity contribution in [3.8, 4) is 0 Å². The first-order valence-corrected chi connectivity index (χ1v) is 6.92. The van der Waals surface area contributed by atoms with Crippen LogP contribution in [0, 0.1) is 0 Å². The van der Waals surface area contributed by atoms with Crippen LogP contribution in [0.3, 0.4) is 0 Å². The SMILES string of the molecule is C=C(NCCCNC)/C(C)=N/C(C(=C)C)=C(C)/N=C\C. The fraction of sp³-hybridized carbons (Fsp3) is 0.500. The monoisotopic (exact) mass is 276 g/mol. The summed E-state index contributed by atoms with van der Waals surface area (Å²) in [5.74, 6) is 0. The Morgan fingerprint density at radius 1 is 1.15 bits per heavy atom. The molecule has 0 spiro atoms. The topological polar surface area (TPSA) is 48.8 Å². The molecule has 0 radical (unpaired) electrons. The van der Waals surface area contributed by atoms with Gasteiger partial charge in [-0.05, 0) is 53.3 Å². The van der Waals surface area contributed by atoms with E-state index in [-0.39, 0.29) is 0 Å². The molecule has 0 saturated carbocycles. The molecule has 0 aliphatic carbocycles. The number of allylic oxidation sites excluding steroid dienone is 3. The van der Waals surface area contributed by atoms with E-state index in [1.807, 2.05) is 34.7 Å². The van der Waals surface area contributed by atoms with Crippen LogP contribution in [0.2, 0.25) is 0 Å². The normalized spacial score (nSPS) is 13.3. The van der Waals surface area contributed by atoms with Crippen LogP contribution in [0.25, 0.3) is 0 Å². The van der Waals surface area contributed by atoms with Crippen LogP contribution in [0.4, 0.5) is 0 Å². The highest BCUT2D eigenvalue weighted by atomic mass is 14.9. The predicted octanol–water partition coefficient (Wildman–Crippen LogP) is 3.06. The van der Waals surface area contributed by atoms with Crippen molar-refractivity contribution in [3.63, 3.8) is 0 Å². The van der Waals surface area contributed by atoms with Crippen LogP contribution in [0.1, 0.15) is 34.1 Å². The molecule has 0 aromatic carbocycles. The zero-order chi connectivity index (χ0) is 15.5. The molecular weight excluding hydrogens is 248 g/mol. The van der Waals surface area contributed by atoms with Crippen LogP contribution < -0.4 is 10.6 Å². The van der Waals surface area contributed by atoms with Crippen molar-refractivity contribution in [3.05, 3.63) is 35.8 Å². The van der Waals surface area contributed by atoms with Crippen molar-refractivity contribution in [2.75, 3.05) is 20.1 Å². The lowest BCUT2D eigenvalue weighted by Gasteiger charge is -2.11. The van der Waals surface area contributed by atoms with Gasteiger partial charge in [0.25, 0.3) is 0 Å². The van der Waals surface area contributed by atoms with E-state index < -0.39 is 0 Å². The van der Waals surface area contributed by atoms with Crippen LogP contribution in [0.5, 0.6) is 0 Å². The standard InChI is InChI=1S/C16H28N4/c1-8-18-15(6)16(12(2)3)20-14(5)13(4)19-11-9-10-17-7/h8,17,19H,2,4,9-11H2,1,3,5-7H3/b16-15+,18-8-,20-14+. The van der Waals surface area contributed by atoms with Gasteiger partial charge in [0.1, 0.15) is 0 Å². The highest BCUT2D eigenvalue weighted by Crippen LogP contribution is 2.16. The van der Waals surface area contributed by atoms with Crippen molar-refractivity contribution in [2.45, 2.75) is 34.1 Å². The Kier molecular flexibility index (Phi) is 9.30. The van der Waals surface area contributed by atoms with E-state index >= 15 is 0 Å². The van der Waals surface area contributed by atoms with Gasteiger partial charge in [-0.2, -0.15) is 0 Å². The predicted molar refractivity (Wildman–Crippen MR) is 90.5 cm³/mol. The number of nitrogens with zero attached hydrogens (tertiary/aromatic N) is 2. The molecule has 0 unspecified atom stereocenters. The fourth-order valence-electron chi connectivity index (χ4n) is 1.61. The van der Waals surface area contributed by atoms with Gasteiger partial charge in [0, 0.05) is 18.5 Å². The lowest BCUT2D eigenvalue weighted by Crippen LogP contribution is -2.22.